The molecule has 0 radical (unpaired) electrons. The van der Waals surface area contributed by atoms with Crippen molar-refractivity contribution >= 4 is 17.6 Å². The molecule has 0 bridgehead atoms. The minimum Gasteiger partial charge on any atom is -0.394 e. The highest BCUT2D eigenvalue weighted by atomic mass is 16.6. The molecular weight excluding hydrogens is 424 g/mol. The summed E-state index contributed by atoms with van der Waals surface area (Å²) < 4.78 is 5.13. The number of hydrogen-bond acceptors (Lipinski definition) is 6. The number of nitrogens with one attached hydrogen (secondary N) is 2. The third-order valence-electron chi connectivity index (χ3n) is 5.83. The fourth-order valence-corrected chi connectivity index (χ4v) is 3.76. The molecule has 33 heavy (non-hydrogen) atoms. The summed E-state index contributed by atoms with van der Waals surface area (Å²) in [7, 11) is 0. The van der Waals surface area contributed by atoms with Crippen LogP contribution >= 0.6 is 0 Å². The van der Waals surface area contributed by atoms with E-state index in [0.29, 0.717) is 12.8 Å². The Labute approximate surface area is 196 Å². The molecule has 2 amide bonds. The van der Waals surface area contributed by atoms with E-state index in [0.717, 1.165) is 25.7 Å². The monoisotopic (exact) mass is 462 g/mol. The minimum atomic E-state index is -1.24. The first-order valence-electron chi connectivity index (χ1n) is 11.8. The van der Waals surface area contributed by atoms with Gasteiger partial charge in [0.2, 0.25) is 11.8 Å². The zero-order valence-electron chi connectivity index (χ0n) is 19.7. The number of benzene rings is 1. The highest BCUT2D eigenvalue weighted by Crippen LogP contribution is 2.30. The molecule has 1 saturated heterocycles. The van der Waals surface area contributed by atoms with Crippen LogP contribution < -0.4 is 10.6 Å². The Morgan fingerprint density at radius 2 is 1.67 bits per heavy atom. The van der Waals surface area contributed by atoms with Crippen LogP contribution in [-0.4, -0.2) is 65.3 Å². The lowest BCUT2D eigenvalue weighted by atomic mass is 9.92. The number of amides is 2. The van der Waals surface area contributed by atoms with Crippen LogP contribution in [0.3, 0.4) is 0 Å². The Morgan fingerprint density at radius 3 is 2.24 bits per heavy atom. The van der Waals surface area contributed by atoms with Crippen LogP contribution in [0.25, 0.3) is 0 Å². The van der Waals surface area contributed by atoms with Crippen LogP contribution in [0.4, 0.5) is 0 Å². The fourth-order valence-electron chi connectivity index (χ4n) is 3.76. The van der Waals surface area contributed by atoms with Gasteiger partial charge in [-0.25, -0.2) is 0 Å². The standard InChI is InChI=1S/C25H38N2O6/c1-18(2)14-20(23(31)25(16-29)17-33-25)27-24(32)21(15-28)26-22(30)13-9-4-3-6-10-19-11-7-5-8-12-19/h5,7-8,11-12,18,20-21,28-29H,3-4,6,9-10,13-17H2,1-2H3,(H,26,30)(H,27,32)/t20-,21-,25+/m0/s1. The van der Waals surface area contributed by atoms with Crippen LogP contribution in [0.5, 0.6) is 0 Å². The predicted molar refractivity (Wildman–Crippen MR) is 124 cm³/mol. The van der Waals surface area contributed by atoms with Crippen molar-refractivity contribution < 1.29 is 29.3 Å². The molecule has 0 aromatic heterocycles. The number of epoxide rings is 1. The Morgan fingerprint density at radius 1 is 1.00 bits per heavy atom. The number of carbonyl (C=O) groups is 3. The topological polar surface area (TPSA) is 128 Å². The molecule has 184 valence electrons. The van der Waals surface area contributed by atoms with Crippen molar-refractivity contribution in [2.45, 2.75) is 76.5 Å². The van der Waals surface area contributed by atoms with E-state index in [2.05, 4.69) is 22.8 Å². The first kappa shape index (κ1) is 27.0. The smallest absolute Gasteiger partial charge is 0.245 e. The first-order chi connectivity index (χ1) is 15.8. The minimum absolute atomic E-state index is 0.109. The number of ether oxygens (including phenoxy) is 1. The van der Waals surface area contributed by atoms with Crippen LogP contribution in [0, 0.1) is 5.92 Å². The third-order valence-corrected chi connectivity index (χ3v) is 5.83. The molecule has 1 aliphatic heterocycles. The largest absolute Gasteiger partial charge is 0.394 e. The van der Waals surface area contributed by atoms with Gasteiger partial charge in [0, 0.05) is 6.42 Å². The lowest BCUT2D eigenvalue weighted by molar-refractivity contribution is -0.134. The molecule has 1 heterocycles. The maximum absolute atomic E-state index is 12.7. The number of carbonyl (C=O) groups excluding carboxylic acids is 3. The fraction of sp³-hybridized carbons (Fsp3) is 0.640. The van der Waals surface area contributed by atoms with Gasteiger partial charge in [0.1, 0.15) is 6.04 Å². The molecule has 4 N–H and O–H groups in total. The lowest BCUT2D eigenvalue weighted by Gasteiger charge is -2.24. The van der Waals surface area contributed by atoms with E-state index in [9.17, 15) is 24.6 Å². The van der Waals surface area contributed by atoms with Crippen molar-refractivity contribution in [3.8, 4) is 0 Å². The van der Waals surface area contributed by atoms with Gasteiger partial charge in [-0.2, -0.15) is 0 Å². The third kappa shape index (κ3) is 8.87. The second kappa shape index (κ2) is 13.4. The van der Waals surface area contributed by atoms with Crippen LogP contribution in [-0.2, 0) is 25.5 Å². The molecule has 1 fully saturated rings. The lowest BCUT2D eigenvalue weighted by Crippen LogP contribution is -2.55. The van der Waals surface area contributed by atoms with E-state index in [1.54, 1.807) is 0 Å². The Hall–Kier alpha value is -2.29. The normalized spacial score (nSPS) is 19.1. The van der Waals surface area contributed by atoms with E-state index in [1.165, 1.54) is 5.56 Å². The average molecular weight is 463 g/mol. The zero-order valence-corrected chi connectivity index (χ0v) is 19.7. The maximum atomic E-state index is 12.7. The van der Waals surface area contributed by atoms with Crippen molar-refractivity contribution in [3.05, 3.63) is 35.9 Å². The quantitative estimate of drug-likeness (QED) is 0.218. The van der Waals surface area contributed by atoms with Gasteiger partial charge in [0.05, 0.1) is 25.9 Å². The molecule has 1 aromatic carbocycles. The number of aliphatic hydroxyl groups excluding tert-OH is 2. The van der Waals surface area contributed by atoms with E-state index >= 15 is 0 Å². The Bertz CT molecular complexity index is 763. The number of ketones is 1. The predicted octanol–water partition coefficient (Wildman–Crippen LogP) is 1.52. The summed E-state index contributed by atoms with van der Waals surface area (Å²) in [5.74, 6) is -1.21. The van der Waals surface area contributed by atoms with E-state index in [1.807, 2.05) is 32.0 Å². The second-order valence-corrected chi connectivity index (χ2v) is 9.20. The Kier molecular flexibility index (Phi) is 11.0. The van der Waals surface area contributed by atoms with Gasteiger partial charge in [-0.15, -0.1) is 0 Å². The molecule has 0 saturated carbocycles. The van der Waals surface area contributed by atoms with Crippen molar-refractivity contribution in [2.24, 2.45) is 5.92 Å². The molecule has 0 spiro atoms. The highest BCUT2D eigenvalue weighted by Gasteiger charge is 2.54. The van der Waals surface area contributed by atoms with Gasteiger partial charge in [-0.1, -0.05) is 57.0 Å². The molecule has 2 rings (SSSR count). The molecule has 1 aliphatic rings. The van der Waals surface area contributed by atoms with Crippen molar-refractivity contribution in [1.82, 2.24) is 10.6 Å². The Balaban J connectivity index is 1.74. The van der Waals surface area contributed by atoms with Gasteiger partial charge in [-0.3, -0.25) is 14.4 Å². The van der Waals surface area contributed by atoms with Gasteiger partial charge in [0.25, 0.3) is 0 Å². The maximum Gasteiger partial charge on any atom is 0.245 e. The molecule has 0 unspecified atom stereocenters. The van der Waals surface area contributed by atoms with Crippen molar-refractivity contribution in [2.75, 3.05) is 19.8 Å². The average Bonchev–Trinajstić information content (AvgIpc) is 3.60. The summed E-state index contributed by atoms with van der Waals surface area (Å²) in [5.41, 5.74) is 0.0603. The zero-order chi connectivity index (χ0) is 24.3. The first-order valence-corrected chi connectivity index (χ1v) is 11.8. The number of aryl methyl sites for hydroxylation is 1. The summed E-state index contributed by atoms with van der Waals surface area (Å²) in [6.07, 6.45) is 5.32. The number of unbranched alkanes of at least 4 members (excludes halogenated alkanes) is 3. The summed E-state index contributed by atoms with van der Waals surface area (Å²) in [6.45, 7) is 2.94. The van der Waals surface area contributed by atoms with Crippen LogP contribution in [0.2, 0.25) is 0 Å². The number of Topliss-reactive ketones (excluding diaryl/α,β-unsaturated/α-hetero) is 1. The summed E-state index contributed by atoms with van der Waals surface area (Å²) >= 11 is 0. The van der Waals surface area contributed by atoms with Gasteiger partial charge in [0.15, 0.2) is 11.4 Å². The van der Waals surface area contributed by atoms with Crippen molar-refractivity contribution in [3.63, 3.8) is 0 Å². The van der Waals surface area contributed by atoms with Crippen LogP contribution in [0.1, 0.15) is 57.9 Å². The molecule has 8 nitrogen and oxygen atoms in total. The summed E-state index contributed by atoms with van der Waals surface area (Å²) in [5, 5.41) is 24.3. The molecule has 8 heteroatoms. The summed E-state index contributed by atoms with van der Waals surface area (Å²) in [4.78, 5) is 37.6. The van der Waals surface area contributed by atoms with E-state index in [-0.39, 0.29) is 30.6 Å². The molecular formula is C25H38N2O6. The number of hydrogen-bond donors (Lipinski definition) is 4. The molecule has 3 atom stereocenters. The highest BCUT2D eigenvalue weighted by molar-refractivity contribution is 5.98. The number of rotatable bonds is 16. The number of aliphatic hydroxyl groups is 2. The molecule has 0 aliphatic carbocycles. The molecule has 1 aromatic rings. The summed E-state index contributed by atoms with van der Waals surface area (Å²) in [6, 6.07) is 8.27. The van der Waals surface area contributed by atoms with Gasteiger partial charge >= 0.3 is 0 Å². The SMILES string of the molecule is CC(C)C[C@H](NC(=O)[C@H](CO)NC(=O)CCCCCCc1ccccc1)C(=O)[C@@]1(CO)CO1. The van der Waals surface area contributed by atoms with Gasteiger partial charge < -0.3 is 25.6 Å². The van der Waals surface area contributed by atoms with E-state index < -0.39 is 36.8 Å². The van der Waals surface area contributed by atoms with Crippen LogP contribution in [0.15, 0.2) is 30.3 Å². The van der Waals surface area contributed by atoms with E-state index in [4.69, 9.17) is 4.74 Å². The second-order valence-electron chi connectivity index (χ2n) is 9.20. The van der Waals surface area contributed by atoms with Crippen molar-refractivity contribution in [1.29, 1.82) is 0 Å². The van der Waals surface area contributed by atoms with Gasteiger partial charge in [-0.05, 0) is 37.2 Å².